The van der Waals surface area contributed by atoms with Crippen molar-refractivity contribution >= 4 is 23.4 Å². The van der Waals surface area contributed by atoms with Gasteiger partial charge in [-0.2, -0.15) is 0 Å². The lowest BCUT2D eigenvalue weighted by Crippen LogP contribution is -2.81. The average molecular weight is 415 g/mol. The Morgan fingerprint density at radius 1 is 1.23 bits per heavy atom. The molecule has 0 radical (unpaired) electrons. The zero-order valence-corrected chi connectivity index (χ0v) is 17.6. The highest BCUT2D eigenvalue weighted by atomic mass is 16.3. The van der Waals surface area contributed by atoms with Crippen molar-refractivity contribution in [1.29, 1.82) is 0 Å². The number of carbonyl (C=O) groups excluding carboxylic acids is 3. The number of benzene rings is 1. The van der Waals surface area contributed by atoms with Gasteiger partial charge < -0.3 is 10.4 Å². The van der Waals surface area contributed by atoms with Gasteiger partial charge in [0, 0.05) is 45.3 Å². The van der Waals surface area contributed by atoms with Crippen molar-refractivity contribution in [3.05, 3.63) is 29.8 Å². The summed E-state index contributed by atoms with van der Waals surface area (Å²) in [5, 5.41) is 13.0. The summed E-state index contributed by atoms with van der Waals surface area (Å²) in [6, 6.07) is 7.29. The lowest BCUT2D eigenvalue weighted by molar-refractivity contribution is -0.180. The number of aliphatic hydroxyl groups excluding tert-OH is 1. The number of nitrogens with zero attached hydrogens (tertiary/aromatic N) is 3. The number of imide groups is 1. The number of β-amino-alcohol motifs (C(OH)–C–C–N with tert-alkyl or cyclic N) is 1. The number of likely N-dealkylation sites (tertiary alicyclic amines) is 1. The summed E-state index contributed by atoms with van der Waals surface area (Å²) in [5.41, 5.74) is 1.15. The summed E-state index contributed by atoms with van der Waals surface area (Å²) in [6.07, 6.45) is 1.56. The first-order valence-electron chi connectivity index (χ1n) is 10.7. The summed E-state index contributed by atoms with van der Waals surface area (Å²) in [5.74, 6) is -0.362. The van der Waals surface area contributed by atoms with Crippen molar-refractivity contribution in [2.45, 2.75) is 57.3 Å². The Morgan fingerprint density at radius 3 is 2.57 bits per heavy atom. The molecule has 0 aliphatic carbocycles. The molecule has 4 rings (SSSR count). The minimum atomic E-state index is -0.708. The molecular formula is C22H30N4O4. The van der Waals surface area contributed by atoms with Crippen molar-refractivity contribution in [3.8, 4) is 0 Å². The van der Waals surface area contributed by atoms with Crippen LogP contribution < -0.4 is 5.32 Å². The highest BCUT2D eigenvalue weighted by Gasteiger charge is 2.63. The summed E-state index contributed by atoms with van der Waals surface area (Å²) < 4.78 is 0. The topological polar surface area (TPSA) is 93.2 Å². The van der Waals surface area contributed by atoms with Crippen molar-refractivity contribution in [2.75, 3.05) is 31.5 Å². The zero-order chi connectivity index (χ0) is 21.5. The number of piperazine rings is 1. The molecule has 3 amide bonds. The van der Waals surface area contributed by atoms with E-state index in [0.29, 0.717) is 39.1 Å². The van der Waals surface area contributed by atoms with E-state index in [4.69, 9.17) is 0 Å². The first kappa shape index (κ1) is 21.0. The Bertz CT molecular complexity index is 834. The van der Waals surface area contributed by atoms with Gasteiger partial charge in [0.05, 0.1) is 12.1 Å². The summed E-state index contributed by atoms with van der Waals surface area (Å²) in [7, 11) is 0. The van der Waals surface area contributed by atoms with Crippen molar-refractivity contribution in [3.63, 3.8) is 0 Å². The Hall–Kier alpha value is -2.29. The van der Waals surface area contributed by atoms with Gasteiger partial charge in [-0.05, 0) is 30.5 Å². The molecular weight excluding hydrogens is 384 g/mol. The van der Waals surface area contributed by atoms with Crippen LogP contribution in [-0.2, 0) is 20.9 Å². The normalized spacial score (nSPS) is 26.0. The molecule has 0 aromatic heterocycles. The summed E-state index contributed by atoms with van der Waals surface area (Å²) >= 11 is 0. The molecule has 1 aromatic carbocycles. The van der Waals surface area contributed by atoms with E-state index < -0.39 is 17.7 Å². The molecule has 3 fully saturated rings. The number of fused-ring (bicyclic) bond motifs is 2. The lowest BCUT2D eigenvalue weighted by atomic mass is 9.82. The Balaban J connectivity index is 1.46. The largest absolute Gasteiger partial charge is 0.392 e. The van der Waals surface area contributed by atoms with E-state index in [-0.39, 0.29) is 17.7 Å². The molecule has 2 atom stereocenters. The van der Waals surface area contributed by atoms with Gasteiger partial charge in [0.1, 0.15) is 5.54 Å². The minimum absolute atomic E-state index is 0.104. The fourth-order valence-electron chi connectivity index (χ4n) is 4.98. The molecule has 3 saturated heterocycles. The number of rotatable bonds is 6. The van der Waals surface area contributed by atoms with Gasteiger partial charge >= 0.3 is 0 Å². The van der Waals surface area contributed by atoms with E-state index in [1.165, 1.54) is 11.8 Å². The van der Waals surface area contributed by atoms with E-state index in [1.54, 1.807) is 0 Å². The van der Waals surface area contributed by atoms with Gasteiger partial charge in [-0.25, -0.2) is 0 Å². The molecule has 3 heterocycles. The van der Waals surface area contributed by atoms with Gasteiger partial charge in [0.25, 0.3) is 5.91 Å². The van der Waals surface area contributed by atoms with Gasteiger partial charge in [0.15, 0.2) is 0 Å². The van der Waals surface area contributed by atoms with Crippen molar-refractivity contribution in [2.24, 2.45) is 0 Å². The first-order valence-corrected chi connectivity index (χ1v) is 10.7. The number of aliphatic hydroxyl groups is 1. The molecule has 8 heteroatoms. The maximum Gasteiger partial charge on any atom is 0.252 e. The number of amides is 3. The molecule has 30 heavy (non-hydrogen) atoms. The predicted octanol–water partition coefficient (Wildman–Crippen LogP) is 0.804. The third-order valence-corrected chi connectivity index (χ3v) is 6.41. The van der Waals surface area contributed by atoms with E-state index >= 15 is 0 Å². The van der Waals surface area contributed by atoms with Crippen LogP contribution in [0.4, 0.5) is 5.69 Å². The maximum absolute atomic E-state index is 13.4. The van der Waals surface area contributed by atoms with Gasteiger partial charge in [0.2, 0.25) is 11.8 Å². The van der Waals surface area contributed by atoms with Crippen molar-refractivity contribution in [1.82, 2.24) is 14.7 Å². The highest BCUT2D eigenvalue weighted by molar-refractivity contribution is 6.06. The Morgan fingerprint density at radius 2 is 1.93 bits per heavy atom. The van der Waals surface area contributed by atoms with E-state index in [9.17, 15) is 19.5 Å². The number of anilines is 1. The van der Waals surface area contributed by atoms with Crippen LogP contribution in [0.1, 0.15) is 38.7 Å². The molecule has 162 valence electrons. The second kappa shape index (κ2) is 8.09. The standard InChI is InChI=1S/C22H30N4O4/c1-3-4-9-25-20(29)19-10-18(28)12-26(19)22(21(25)30)13-24(14-22)11-16-5-7-17(8-6-16)23-15(2)27/h5-8,18-19,28H,3-4,9-14H2,1-2H3,(H,23,27). The average Bonchev–Trinajstić information content (AvgIpc) is 3.06. The molecule has 2 N–H and O–H groups in total. The molecule has 3 aliphatic rings. The van der Waals surface area contributed by atoms with Crippen LogP contribution in [0.25, 0.3) is 0 Å². The fraction of sp³-hybridized carbons (Fsp3) is 0.591. The predicted molar refractivity (Wildman–Crippen MR) is 111 cm³/mol. The van der Waals surface area contributed by atoms with Gasteiger partial charge in [-0.15, -0.1) is 0 Å². The third-order valence-electron chi connectivity index (χ3n) is 6.41. The van der Waals surface area contributed by atoms with Crippen molar-refractivity contribution < 1.29 is 19.5 Å². The van der Waals surface area contributed by atoms with Crippen LogP contribution in [0.15, 0.2) is 24.3 Å². The number of unbranched alkanes of at least 4 members (excludes halogenated alkanes) is 1. The highest BCUT2D eigenvalue weighted by Crippen LogP contribution is 2.41. The van der Waals surface area contributed by atoms with Crippen LogP contribution in [0.2, 0.25) is 0 Å². The Labute approximate surface area is 176 Å². The lowest BCUT2D eigenvalue weighted by Gasteiger charge is -2.58. The SMILES string of the molecule is CCCCN1C(=O)C2CC(O)CN2C2(CN(Cc3ccc(NC(C)=O)cc3)C2)C1=O. The molecule has 1 aromatic rings. The zero-order valence-electron chi connectivity index (χ0n) is 17.6. The minimum Gasteiger partial charge on any atom is -0.392 e. The van der Waals surface area contributed by atoms with Crippen LogP contribution in [0, 0.1) is 0 Å². The second-order valence-electron chi connectivity index (χ2n) is 8.76. The second-order valence-corrected chi connectivity index (χ2v) is 8.76. The van der Waals surface area contributed by atoms with E-state index in [1.807, 2.05) is 36.1 Å². The first-order chi connectivity index (χ1) is 14.3. The van der Waals surface area contributed by atoms with Crippen LogP contribution in [0.5, 0.6) is 0 Å². The van der Waals surface area contributed by atoms with Crippen LogP contribution >= 0.6 is 0 Å². The number of nitrogens with one attached hydrogen (secondary N) is 1. The third kappa shape index (κ3) is 3.64. The molecule has 0 bridgehead atoms. The summed E-state index contributed by atoms with van der Waals surface area (Å²) in [6.45, 7) is 6.16. The number of carbonyl (C=O) groups is 3. The number of hydrogen-bond acceptors (Lipinski definition) is 6. The van der Waals surface area contributed by atoms with E-state index in [2.05, 4.69) is 10.2 Å². The molecule has 1 spiro atoms. The van der Waals surface area contributed by atoms with Gasteiger partial charge in [-0.1, -0.05) is 25.5 Å². The monoisotopic (exact) mass is 414 g/mol. The molecule has 0 saturated carbocycles. The Kier molecular flexibility index (Phi) is 5.65. The van der Waals surface area contributed by atoms with Crippen LogP contribution in [-0.4, -0.2) is 81.4 Å². The number of hydrogen-bond donors (Lipinski definition) is 2. The smallest absolute Gasteiger partial charge is 0.252 e. The quantitative estimate of drug-likeness (QED) is 0.669. The molecule has 3 aliphatic heterocycles. The maximum atomic E-state index is 13.4. The molecule has 8 nitrogen and oxygen atoms in total. The van der Waals surface area contributed by atoms with E-state index in [0.717, 1.165) is 24.1 Å². The van der Waals surface area contributed by atoms with Gasteiger partial charge in [-0.3, -0.25) is 29.1 Å². The fourth-order valence-corrected chi connectivity index (χ4v) is 4.98. The molecule has 2 unspecified atom stereocenters. The summed E-state index contributed by atoms with van der Waals surface area (Å²) in [4.78, 5) is 43.0. The van der Waals surface area contributed by atoms with Crippen LogP contribution in [0.3, 0.4) is 0 Å².